The highest BCUT2D eigenvalue weighted by Crippen LogP contribution is 2.26. The van der Waals surface area contributed by atoms with Crippen LogP contribution in [0.2, 0.25) is 0 Å². The van der Waals surface area contributed by atoms with Crippen LogP contribution in [0.3, 0.4) is 0 Å². The summed E-state index contributed by atoms with van der Waals surface area (Å²) in [5.74, 6) is 0. The predicted molar refractivity (Wildman–Crippen MR) is 62.2 cm³/mol. The van der Waals surface area contributed by atoms with Crippen molar-refractivity contribution in [2.45, 2.75) is 30.0 Å². The normalized spacial score (nSPS) is 12.7. The van der Waals surface area contributed by atoms with E-state index in [1.165, 1.54) is 11.8 Å². The standard InChI is InChI=1S/C11H13N3OS/c1-7-6-15-11(14-7)16-9-3-4-10(8(2)12)13-5-9/h3-6,8H,12H2,1-2H3. The summed E-state index contributed by atoms with van der Waals surface area (Å²) in [6.45, 7) is 3.80. The molecule has 2 N–H and O–H groups in total. The van der Waals surface area contributed by atoms with E-state index in [2.05, 4.69) is 9.97 Å². The summed E-state index contributed by atoms with van der Waals surface area (Å²) >= 11 is 1.45. The Balaban J connectivity index is 2.11. The summed E-state index contributed by atoms with van der Waals surface area (Å²) < 4.78 is 5.25. The van der Waals surface area contributed by atoms with Gasteiger partial charge in [-0.1, -0.05) is 0 Å². The molecule has 1 unspecified atom stereocenters. The highest BCUT2D eigenvalue weighted by Gasteiger charge is 2.05. The second kappa shape index (κ2) is 4.67. The Labute approximate surface area is 98.3 Å². The van der Waals surface area contributed by atoms with Gasteiger partial charge in [-0.2, -0.15) is 0 Å². The maximum absolute atomic E-state index is 5.72. The third-order valence-corrected chi connectivity index (χ3v) is 2.87. The summed E-state index contributed by atoms with van der Waals surface area (Å²) in [6.07, 6.45) is 3.41. The van der Waals surface area contributed by atoms with E-state index in [9.17, 15) is 0 Å². The molecule has 0 aromatic carbocycles. The number of hydrogen-bond acceptors (Lipinski definition) is 5. The molecule has 0 radical (unpaired) electrons. The van der Waals surface area contributed by atoms with Gasteiger partial charge in [0.15, 0.2) is 0 Å². The van der Waals surface area contributed by atoms with Crippen molar-refractivity contribution < 1.29 is 4.42 Å². The first kappa shape index (κ1) is 11.2. The van der Waals surface area contributed by atoms with Crippen LogP contribution >= 0.6 is 11.8 Å². The number of hydrogen-bond donors (Lipinski definition) is 1. The SMILES string of the molecule is Cc1coc(Sc2ccc(C(C)N)nc2)n1. The van der Waals surface area contributed by atoms with Crippen molar-refractivity contribution in [2.24, 2.45) is 5.73 Å². The molecule has 0 bridgehead atoms. The van der Waals surface area contributed by atoms with Gasteiger partial charge in [-0.05, 0) is 37.7 Å². The molecule has 5 heteroatoms. The Morgan fingerprint density at radius 2 is 2.25 bits per heavy atom. The van der Waals surface area contributed by atoms with Gasteiger partial charge in [-0.25, -0.2) is 4.98 Å². The van der Waals surface area contributed by atoms with Crippen molar-refractivity contribution in [1.29, 1.82) is 0 Å². The Morgan fingerprint density at radius 3 is 2.75 bits per heavy atom. The van der Waals surface area contributed by atoms with Crippen LogP contribution in [0.25, 0.3) is 0 Å². The van der Waals surface area contributed by atoms with Gasteiger partial charge < -0.3 is 10.2 Å². The Morgan fingerprint density at radius 1 is 1.44 bits per heavy atom. The van der Waals surface area contributed by atoms with Crippen LogP contribution in [0.5, 0.6) is 0 Å². The molecule has 1 atom stereocenters. The molecule has 0 aliphatic rings. The number of aromatic nitrogens is 2. The maximum atomic E-state index is 5.72. The molecule has 16 heavy (non-hydrogen) atoms. The topological polar surface area (TPSA) is 64.9 Å². The predicted octanol–water partition coefficient (Wildman–Crippen LogP) is 2.55. The summed E-state index contributed by atoms with van der Waals surface area (Å²) in [5, 5.41) is 0.632. The van der Waals surface area contributed by atoms with Crippen LogP contribution < -0.4 is 5.73 Å². The van der Waals surface area contributed by atoms with Crippen molar-refractivity contribution in [3.63, 3.8) is 0 Å². The molecule has 2 aromatic rings. The second-order valence-corrected chi connectivity index (χ2v) is 4.59. The Kier molecular flexibility index (Phi) is 3.26. The summed E-state index contributed by atoms with van der Waals surface area (Å²) in [6, 6.07) is 3.85. The zero-order valence-corrected chi connectivity index (χ0v) is 9.99. The lowest BCUT2D eigenvalue weighted by molar-refractivity contribution is 0.454. The van der Waals surface area contributed by atoms with Gasteiger partial charge in [-0.15, -0.1) is 0 Å². The first-order valence-corrected chi connectivity index (χ1v) is 5.78. The molecule has 0 amide bonds. The van der Waals surface area contributed by atoms with Crippen LogP contribution in [0.4, 0.5) is 0 Å². The monoisotopic (exact) mass is 235 g/mol. The molecule has 0 saturated carbocycles. The summed E-state index contributed by atoms with van der Waals surface area (Å²) in [5.41, 5.74) is 7.48. The van der Waals surface area contributed by atoms with Crippen molar-refractivity contribution in [3.05, 3.63) is 36.0 Å². The van der Waals surface area contributed by atoms with Crippen LogP contribution in [-0.2, 0) is 0 Å². The van der Waals surface area contributed by atoms with Crippen molar-refractivity contribution in [3.8, 4) is 0 Å². The van der Waals surface area contributed by atoms with Gasteiger partial charge >= 0.3 is 0 Å². The molecule has 84 valence electrons. The Bertz CT molecular complexity index is 464. The minimum atomic E-state index is -0.0389. The van der Waals surface area contributed by atoms with Crippen LogP contribution in [0.15, 0.2) is 39.1 Å². The van der Waals surface area contributed by atoms with Gasteiger partial charge in [0.2, 0.25) is 0 Å². The van der Waals surface area contributed by atoms with Crippen molar-refractivity contribution in [1.82, 2.24) is 9.97 Å². The van der Waals surface area contributed by atoms with Crippen molar-refractivity contribution >= 4 is 11.8 Å². The third kappa shape index (κ3) is 2.62. The average molecular weight is 235 g/mol. The van der Waals surface area contributed by atoms with E-state index in [-0.39, 0.29) is 6.04 Å². The maximum Gasteiger partial charge on any atom is 0.260 e. The molecule has 2 rings (SSSR count). The quantitative estimate of drug-likeness (QED) is 0.885. The fourth-order valence-electron chi connectivity index (χ4n) is 1.20. The molecule has 2 aromatic heterocycles. The van der Waals surface area contributed by atoms with Gasteiger partial charge in [-0.3, -0.25) is 4.98 Å². The fourth-order valence-corrected chi connectivity index (χ4v) is 1.93. The summed E-state index contributed by atoms with van der Waals surface area (Å²) in [4.78, 5) is 9.47. The second-order valence-electron chi connectivity index (χ2n) is 3.56. The number of rotatable bonds is 3. The van der Waals surface area contributed by atoms with Gasteiger partial charge in [0.05, 0.1) is 11.4 Å². The average Bonchev–Trinajstić information content (AvgIpc) is 2.65. The highest BCUT2D eigenvalue weighted by atomic mass is 32.2. The number of nitrogens with two attached hydrogens (primary N) is 1. The first-order chi connectivity index (χ1) is 7.65. The zero-order valence-electron chi connectivity index (χ0n) is 9.18. The minimum absolute atomic E-state index is 0.0389. The Hall–Kier alpha value is -1.33. The number of pyridine rings is 1. The van der Waals surface area contributed by atoms with E-state index in [4.69, 9.17) is 10.2 Å². The van der Waals surface area contributed by atoms with Gasteiger partial charge in [0.1, 0.15) is 6.26 Å². The largest absolute Gasteiger partial charge is 0.439 e. The molecule has 0 saturated heterocycles. The molecule has 2 heterocycles. The third-order valence-electron chi connectivity index (χ3n) is 2.03. The van der Waals surface area contributed by atoms with Crippen molar-refractivity contribution in [2.75, 3.05) is 0 Å². The zero-order chi connectivity index (χ0) is 11.5. The van der Waals surface area contributed by atoms with E-state index in [0.717, 1.165) is 16.3 Å². The molecule has 0 aliphatic carbocycles. The number of nitrogens with zero attached hydrogens (tertiary/aromatic N) is 2. The van der Waals surface area contributed by atoms with E-state index in [1.54, 1.807) is 12.5 Å². The van der Waals surface area contributed by atoms with Gasteiger partial charge in [0, 0.05) is 17.1 Å². The smallest absolute Gasteiger partial charge is 0.260 e. The number of aryl methyl sites for hydroxylation is 1. The minimum Gasteiger partial charge on any atom is -0.439 e. The van der Waals surface area contributed by atoms with Crippen LogP contribution in [0, 0.1) is 6.92 Å². The molecule has 0 fully saturated rings. The first-order valence-electron chi connectivity index (χ1n) is 4.96. The van der Waals surface area contributed by atoms with E-state index in [0.29, 0.717) is 5.22 Å². The van der Waals surface area contributed by atoms with E-state index < -0.39 is 0 Å². The fraction of sp³-hybridized carbons (Fsp3) is 0.273. The summed E-state index contributed by atoms with van der Waals surface area (Å²) in [7, 11) is 0. The lowest BCUT2D eigenvalue weighted by Gasteiger charge is -2.04. The lowest BCUT2D eigenvalue weighted by atomic mass is 10.2. The van der Waals surface area contributed by atoms with Crippen LogP contribution in [-0.4, -0.2) is 9.97 Å². The lowest BCUT2D eigenvalue weighted by Crippen LogP contribution is -2.06. The number of oxazole rings is 1. The highest BCUT2D eigenvalue weighted by molar-refractivity contribution is 7.99. The molecule has 0 spiro atoms. The molecular weight excluding hydrogens is 222 g/mol. The molecular formula is C11H13N3OS. The van der Waals surface area contributed by atoms with Crippen LogP contribution in [0.1, 0.15) is 24.4 Å². The van der Waals surface area contributed by atoms with Gasteiger partial charge in [0.25, 0.3) is 5.22 Å². The van der Waals surface area contributed by atoms with E-state index in [1.807, 2.05) is 26.0 Å². The molecule has 4 nitrogen and oxygen atoms in total. The molecule has 0 aliphatic heterocycles. The van der Waals surface area contributed by atoms with E-state index >= 15 is 0 Å².